The van der Waals surface area contributed by atoms with E-state index in [2.05, 4.69) is 64.2 Å². The van der Waals surface area contributed by atoms with Crippen molar-refractivity contribution in [3.8, 4) is 0 Å². The minimum Gasteiger partial charge on any atom is -0.0652 e. The first-order valence-electron chi connectivity index (χ1n) is 7.00. The van der Waals surface area contributed by atoms with Gasteiger partial charge in [0.25, 0.3) is 0 Å². The van der Waals surface area contributed by atoms with Crippen molar-refractivity contribution in [3.05, 3.63) is 30.3 Å². The molecule has 0 nitrogen and oxygen atoms in total. The molecule has 1 heteroatoms. The third-order valence-electron chi connectivity index (χ3n) is 4.70. The van der Waals surface area contributed by atoms with Gasteiger partial charge in [0, 0.05) is 0 Å². The summed E-state index contributed by atoms with van der Waals surface area (Å²) in [6.45, 7) is 12.4. The molecule has 0 aromatic heterocycles. The summed E-state index contributed by atoms with van der Waals surface area (Å²) in [5.41, 5.74) is 0.944. The Morgan fingerprint density at radius 3 is 2.06 bits per heavy atom. The molecule has 0 aliphatic heterocycles. The molecular weight excluding hydrogens is 220 g/mol. The van der Waals surface area contributed by atoms with Crippen molar-refractivity contribution in [2.75, 3.05) is 0 Å². The largest absolute Gasteiger partial charge is 0.0842 e. The summed E-state index contributed by atoms with van der Waals surface area (Å²) in [7, 11) is -1.31. The zero-order chi connectivity index (χ0) is 12.6. The minimum absolute atomic E-state index is 0.826. The third kappa shape index (κ3) is 2.49. The highest BCUT2D eigenvalue weighted by Gasteiger charge is 2.48. The predicted molar refractivity (Wildman–Crippen MR) is 79.4 cm³/mol. The Bertz CT molecular complexity index is 366. The van der Waals surface area contributed by atoms with E-state index in [1.165, 1.54) is 6.42 Å². The van der Waals surface area contributed by atoms with Crippen LogP contribution in [0.3, 0.4) is 0 Å². The van der Waals surface area contributed by atoms with Crippen molar-refractivity contribution in [1.82, 2.24) is 0 Å². The van der Waals surface area contributed by atoms with Crippen LogP contribution in [0.1, 0.15) is 27.2 Å². The zero-order valence-electron chi connectivity index (χ0n) is 11.9. The lowest BCUT2D eigenvalue weighted by Crippen LogP contribution is -2.48. The van der Waals surface area contributed by atoms with Crippen LogP contribution in [-0.4, -0.2) is 8.07 Å². The molecular formula is C16H26Si. The summed E-state index contributed by atoms with van der Waals surface area (Å²) >= 11 is 0. The molecule has 1 saturated carbocycles. The van der Waals surface area contributed by atoms with Crippen molar-refractivity contribution in [2.45, 2.75) is 45.8 Å². The van der Waals surface area contributed by atoms with Crippen LogP contribution in [0, 0.1) is 17.8 Å². The van der Waals surface area contributed by atoms with E-state index in [1.807, 2.05) is 0 Å². The highest BCUT2D eigenvalue weighted by atomic mass is 28.3. The van der Waals surface area contributed by atoms with Crippen molar-refractivity contribution in [3.63, 3.8) is 0 Å². The van der Waals surface area contributed by atoms with Crippen LogP contribution in [0.25, 0.3) is 0 Å². The molecule has 3 atom stereocenters. The van der Waals surface area contributed by atoms with Crippen molar-refractivity contribution >= 4 is 13.3 Å². The standard InChI is InChI=1S/C16H26Si/c1-12(2)16(15-11-13(15)3)17(4,5)14-9-7-6-8-10-14/h6-10,12-13,15-16H,11H2,1-5H3/t13-,15+,16+/m1/s1. The molecule has 0 unspecified atom stereocenters. The van der Waals surface area contributed by atoms with Gasteiger partial charge in [0.05, 0.1) is 8.07 Å². The summed E-state index contributed by atoms with van der Waals surface area (Å²) in [4.78, 5) is 0. The van der Waals surface area contributed by atoms with Gasteiger partial charge in [-0.1, -0.05) is 69.4 Å². The fourth-order valence-corrected chi connectivity index (χ4v) is 8.41. The maximum atomic E-state index is 2.57. The molecule has 1 aliphatic carbocycles. The van der Waals surface area contributed by atoms with E-state index in [0.29, 0.717) is 0 Å². The van der Waals surface area contributed by atoms with Gasteiger partial charge in [-0.25, -0.2) is 0 Å². The second-order valence-corrected chi connectivity index (χ2v) is 11.4. The normalized spacial score (nSPS) is 26.0. The van der Waals surface area contributed by atoms with Crippen LogP contribution >= 0.6 is 0 Å². The Labute approximate surface area is 107 Å². The Morgan fingerprint density at radius 1 is 1.12 bits per heavy atom. The third-order valence-corrected chi connectivity index (χ3v) is 9.29. The van der Waals surface area contributed by atoms with Crippen LogP contribution in [0.5, 0.6) is 0 Å². The van der Waals surface area contributed by atoms with E-state index in [9.17, 15) is 0 Å². The molecule has 1 aromatic rings. The molecule has 2 rings (SSSR count). The molecule has 0 heterocycles. The number of rotatable bonds is 4. The fourth-order valence-electron chi connectivity index (χ4n) is 3.77. The van der Waals surface area contributed by atoms with Crippen molar-refractivity contribution in [1.29, 1.82) is 0 Å². The average Bonchev–Trinajstić information content (AvgIpc) is 2.95. The molecule has 0 radical (unpaired) electrons. The van der Waals surface area contributed by atoms with E-state index in [1.54, 1.807) is 5.19 Å². The molecule has 0 bridgehead atoms. The Kier molecular flexibility index (Phi) is 3.49. The first kappa shape index (κ1) is 12.9. The van der Waals surface area contributed by atoms with E-state index in [4.69, 9.17) is 0 Å². The van der Waals surface area contributed by atoms with Crippen molar-refractivity contribution < 1.29 is 0 Å². The summed E-state index contributed by atoms with van der Waals surface area (Å²) in [5.74, 6) is 2.79. The van der Waals surface area contributed by atoms with Gasteiger partial charge in [0.15, 0.2) is 0 Å². The number of hydrogen-bond donors (Lipinski definition) is 0. The van der Waals surface area contributed by atoms with Gasteiger partial charge in [-0.3, -0.25) is 0 Å². The van der Waals surface area contributed by atoms with Crippen LogP contribution < -0.4 is 5.19 Å². The van der Waals surface area contributed by atoms with Crippen LogP contribution in [-0.2, 0) is 0 Å². The van der Waals surface area contributed by atoms with Crippen LogP contribution in [0.4, 0.5) is 0 Å². The molecule has 1 aliphatic rings. The van der Waals surface area contributed by atoms with Gasteiger partial charge in [-0.05, 0) is 29.7 Å². The van der Waals surface area contributed by atoms with Gasteiger partial charge >= 0.3 is 0 Å². The fraction of sp³-hybridized carbons (Fsp3) is 0.625. The Hall–Kier alpha value is -0.563. The molecule has 0 spiro atoms. The summed E-state index contributed by atoms with van der Waals surface area (Å²) in [5, 5.41) is 1.64. The second-order valence-electron chi connectivity index (χ2n) is 6.73. The van der Waals surface area contributed by atoms with Gasteiger partial charge < -0.3 is 0 Å². The minimum atomic E-state index is -1.31. The topological polar surface area (TPSA) is 0 Å². The predicted octanol–water partition coefficient (Wildman–Crippen LogP) is 4.28. The first-order chi connectivity index (χ1) is 7.94. The van der Waals surface area contributed by atoms with Crippen LogP contribution in [0.2, 0.25) is 18.6 Å². The van der Waals surface area contributed by atoms with Gasteiger partial charge in [0.1, 0.15) is 0 Å². The quantitative estimate of drug-likeness (QED) is 0.696. The van der Waals surface area contributed by atoms with Gasteiger partial charge in [0.2, 0.25) is 0 Å². The summed E-state index contributed by atoms with van der Waals surface area (Å²) in [6, 6.07) is 11.3. The Morgan fingerprint density at radius 2 is 1.65 bits per heavy atom. The number of benzene rings is 1. The maximum Gasteiger partial charge on any atom is 0.0842 e. The monoisotopic (exact) mass is 246 g/mol. The van der Waals surface area contributed by atoms with E-state index < -0.39 is 8.07 Å². The summed E-state index contributed by atoms with van der Waals surface area (Å²) in [6.07, 6.45) is 1.46. The van der Waals surface area contributed by atoms with E-state index in [-0.39, 0.29) is 0 Å². The summed E-state index contributed by atoms with van der Waals surface area (Å²) < 4.78 is 0. The van der Waals surface area contributed by atoms with Crippen molar-refractivity contribution in [2.24, 2.45) is 17.8 Å². The average molecular weight is 246 g/mol. The molecule has 1 fully saturated rings. The van der Waals surface area contributed by atoms with Crippen LogP contribution in [0.15, 0.2) is 30.3 Å². The first-order valence-corrected chi connectivity index (χ1v) is 10.1. The molecule has 17 heavy (non-hydrogen) atoms. The zero-order valence-corrected chi connectivity index (χ0v) is 12.9. The van der Waals surface area contributed by atoms with Gasteiger partial charge in [-0.15, -0.1) is 0 Å². The highest BCUT2D eigenvalue weighted by Crippen LogP contribution is 2.53. The molecule has 0 amide bonds. The molecule has 0 saturated heterocycles. The van der Waals surface area contributed by atoms with E-state index in [0.717, 1.165) is 23.3 Å². The molecule has 0 N–H and O–H groups in total. The number of hydrogen-bond acceptors (Lipinski definition) is 0. The van der Waals surface area contributed by atoms with Gasteiger partial charge in [-0.2, -0.15) is 0 Å². The molecule has 1 aromatic carbocycles. The molecule has 94 valence electrons. The van der Waals surface area contributed by atoms with E-state index >= 15 is 0 Å². The lowest BCUT2D eigenvalue weighted by molar-refractivity contribution is 0.505. The maximum absolute atomic E-state index is 2.57. The Balaban J connectivity index is 2.29. The SMILES string of the molecule is CC(C)[C@@H]([C@H]1C[C@H]1C)[Si](C)(C)c1ccccc1. The smallest absolute Gasteiger partial charge is 0.0652 e. The lowest BCUT2D eigenvalue weighted by atomic mass is 10.1. The highest BCUT2D eigenvalue weighted by molar-refractivity contribution is 6.91. The lowest BCUT2D eigenvalue weighted by Gasteiger charge is -2.36. The second kappa shape index (κ2) is 4.60.